The Kier molecular flexibility index (Phi) is 4.74. The second kappa shape index (κ2) is 5.74. The lowest BCUT2D eigenvalue weighted by Crippen LogP contribution is -2.44. The Labute approximate surface area is 111 Å². The fourth-order valence-corrected chi connectivity index (χ4v) is 1.59. The second-order valence-corrected chi connectivity index (χ2v) is 4.98. The van der Waals surface area contributed by atoms with Crippen molar-refractivity contribution in [3.63, 3.8) is 0 Å². The molecule has 0 aromatic heterocycles. The van der Waals surface area contributed by atoms with Crippen molar-refractivity contribution in [3.05, 3.63) is 35.9 Å². The number of hydrogen-bond donors (Lipinski definition) is 1. The Morgan fingerprint density at radius 3 is 2.16 bits per heavy atom. The number of hydrogen-bond acceptors (Lipinski definition) is 2. The van der Waals surface area contributed by atoms with E-state index in [-0.39, 0.29) is 11.8 Å². The maximum absolute atomic E-state index is 12.7. The summed E-state index contributed by atoms with van der Waals surface area (Å²) in [7, 11) is 0. The van der Waals surface area contributed by atoms with Gasteiger partial charge in [-0.25, -0.2) is 0 Å². The first-order valence-electron chi connectivity index (χ1n) is 6.04. The number of aliphatic imine (C=N–C) groups is 1. The maximum Gasteiger partial charge on any atom is 0.417 e. The number of nitrogens with zero attached hydrogens (tertiary/aromatic N) is 1. The molecule has 19 heavy (non-hydrogen) atoms. The van der Waals surface area contributed by atoms with Gasteiger partial charge in [0.15, 0.2) is 5.60 Å². The Balaban J connectivity index is 3.09. The molecule has 0 fully saturated rings. The zero-order chi connectivity index (χ0) is 14.7. The summed E-state index contributed by atoms with van der Waals surface area (Å²) in [4.78, 5) is 4.20. The van der Waals surface area contributed by atoms with Crippen LogP contribution in [0.25, 0.3) is 0 Å². The number of rotatable bonds is 4. The van der Waals surface area contributed by atoms with Crippen molar-refractivity contribution in [2.24, 2.45) is 4.99 Å². The van der Waals surface area contributed by atoms with Crippen molar-refractivity contribution >= 4 is 5.71 Å². The molecule has 1 aromatic carbocycles. The fraction of sp³-hybridized carbons (Fsp3) is 0.500. The molecular weight excluding hydrogens is 255 g/mol. The van der Waals surface area contributed by atoms with Gasteiger partial charge in [0.2, 0.25) is 0 Å². The Morgan fingerprint density at radius 2 is 1.74 bits per heavy atom. The average Bonchev–Trinajstić information content (AvgIpc) is 2.27. The second-order valence-electron chi connectivity index (χ2n) is 4.98. The highest BCUT2D eigenvalue weighted by atomic mass is 19.4. The van der Waals surface area contributed by atoms with Crippen LogP contribution in [0.5, 0.6) is 0 Å². The molecule has 0 radical (unpaired) electrons. The van der Waals surface area contributed by atoms with Crippen molar-refractivity contribution in [3.8, 4) is 0 Å². The highest BCUT2D eigenvalue weighted by Gasteiger charge is 2.50. The van der Waals surface area contributed by atoms with Gasteiger partial charge in [0.25, 0.3) is 0 Å². The van der Waals surface area contributed by atoms with E-state index < -0.39 is 18.2 Å². The third kappa shape index (κ3) is 4.35. The summed E-state index contributed by atoms with van der Waals surface area (Å²) >= 11 is 0. The molecule has 0 aliphatic rings. The zero-order valence-corrected chi connectivity index (χ0v) is 11.2. The average molecular weight is 273 g/mol. The van der Waals surface area contributed by atoms with Gasteiger partial charge >= 0.3 is 6.18 Å². The molecule has 0 amide bonds. The van der Waals surface area contributed by atoms with Crippen LogP contribution >= 0.6 is 0 Å². The number of aliphatic hydroxyl groups is 1. The van der Waals surface area contributed by atoms with E-state index >= 15 is 0 Å². The van der Waals surface area contributed by atoms with E-state index in [0.717, 1.165) is 6.92 Å². The predicted octanol–water partition coefficient (Wildman–Crippen LogP) is 3.59. The SMILES string of the molecule is CC(C)N=C(C[C@@](C)(O)C(F)(F)F)c1ccccc1. The van der Waals surface area contributed by atoms with Crippen molar-refractivity contribution in [2.45, 2.75) is 45.0 Å². The van der Waals surface area contributed by atoms with E-state index in [1.807, 2.05) is 0 Å². The lowest BCUT2D eigenvalue weighted by atomic mass is 9.94. The molecule has 0 aliphatic heterocycles. The standard InChI is InChI=1S/C14H18F3NO/c1-10(2)18-12(11-7-5-4-6-8-11)9-13(3,19)14(15,16)17/h4-8,10,19H,9H2,1-3H3/t13-/m1/s1. The molecule has 0 heterocycles. The van der Waals surface area contributed by atoms with E-state index in [2.05, 4.69) is 4.99 Å². The molecule has 0 aliphatic carbocycles. The largest absolute Gasteiger partial charge is 0.417 e. The maximum atomic E-state index is 12.7. The molecule has 1 atom stereocenters. The molecular formula is C14H18F3NO. The van der Waals surface area contributed by atoms with E-state index in [0.29, 0.717) is 5.56 Å². The molecule has 1 rings (SSSR count). The minimum absolute atomic E-state index is 0.140. The van der Waals surface area contributed by atoms with Crippen LogP contribution in [-0.2, 0) is 0 Å². The van der Waals surface area contributed by atoms with Crippen molar-refractivity contribution in [2.75, 3.05) is 0 Å². The third-order valence-electron chi connectivity index (χ3n) is 2.64. The fourth-order valence-electron chi connectivity index (χ4n) is 1.59. The molecule has 1 N–H and O–H groups in total. The zero-order valence-electron chi connectivity index (χ0n) is 11.2. The van der Waals surface area contributed by atoms with Crippen molar-refractivity contribution in [1.29, 1.82) is 0 Å². The molecule has 5 heteroatoms. The molecule has 0 spiro atoms. The summed E-state index contributed by atoms with van der Waals surface area (Å²) in [6.07, 6.45) is -5.24. The van der Waals surface area contributed by atoms with Gasteiger partial charge in [-0.2, -0.15) is 13.2 Å². The van der Waals surface area contributed by atoms with Crippen LogP contribution < -0.4 is 0 Å². The van der Waals surface area contributed by atoms with Crippen molar-refractivity contribution in [1.82, 2.24) is 0 Å². The predicted molar refractivity (Wildman–Crippen MR) is 69.4 cm³/mol. The van der Waals surface area contributed by atoms with Crippen LogP contribution in [0.15, 0.2) is 35.3 Å². The van der Waals surface area contributed by atoms with Crippen LogP contribution in [0.4, 0.5) is 13.2 Å². The molecule has 0 bridgehead atoms. The lowest BCUT2D eigenvalue weighted by molar-refractivity contribution is -0.249. The van der Waals surface area contributed by atoms with Crippen molar-refractivity contribution < 1.29 is 18.3 Å². The van der Waals surface area contributed by atoms with Gasteiger partial charge < -0.3 is 5.11 Å². The van der Waals surface area contributed by atoms with Gasteiger partial charge in [-0.1, -0.05) is 30.3 Å². The quantitative estimate of drug-likeness (QED) is 0.835. The highest BCUT2D eigenvalue weighted by Crippen LogP contribution is 2.33. The molecule has 0 saturated heterocycles. The molecule has 106 valence electrons. The molecule has 1 aromatic rings. The number of halogens is 3. The Bertz CT molecular complexity index is 436. The highest BCUT2D eigenvalue weighted by molar-refractivity contribution is 6.01. The van der Waals surface area contributed by atoms with Crippen LogP contribution in [-0.4, -0.2) is 28.6 Å². The van der Waals surface area contributed by atoms with Crippen LogP contribution in [0, 0.1) is 0 Å². The summed E-state index contributed by atoms with van der Waals surface area (Å²) in [5.41, 5.74) is -1.92. The third-order valence-corrected chi connectivity index (χ3v) is 2.64. The van der Waals surface area contributed by atoms with Gasteiger partial charge in [0, 0.05) is 18.2 Å². The first-order valence-corrected chi connectivity index (χ1v) is 6.04. The summed E-state index contributed by atoms with van der Waals surface area (Å²) in [6, 6.07) is 8.47. The first kappa shape index (κ1) is 15.7. The molecule has 0 unspecified atom stereocenters. The summed E-state index contributed by atoms with van der Waals surface area (Å²) in [5.74, 6) is 0. The molecule has 0 saturated carbocycles. The van der Waals surface area contributed by atoms with E-state index in [4.69, 9.17) is 0 Å². The van der Waals surface area contributed by atoms with Gasteiger partial charge in [-0.3, -0.25) is 4.99 Å². The van der Waals surface area contributed by atoms with E-state index in [1.54, 1.807) is 44.2 Å². The minimum atomic E-state index is -4.68. The smallest absolute Gasteiger partial charge is 0.380 e. The molecule has 2 nitrogen and oxygen atoms in total. The summed E-state index contributed by atoms with van der Waals surface area (Å²) in [6.45, 7) is 4.34. The summed E-state index contributed by atoms with van der Waals surface area (Å²) in [5, 5.41) is 9.59. The van der Waals surface area contributed by atoms with Gasteiger partial charge in [0.1, 0.15) is 0 Å². The monoisotopic (exact) mass is 273 g/mol. The number of alkyl halides is 3. The van der Waals surface area contributed by atoms with Gasteiger partial charge in [-0.15, -0.1) is 0 Å². The topological polar surface area (TPSA) is 32.6 Å². The minimum Gasteiger partial charge on any atom is -0.380 e. The van der Waals surface area contributed by atoms with E-state index in [1.165, 1.54) is 0 Å². The van der Waals surface area contributed by atoms with Crippen LogP contribution in [0.2, 0.25) is 0 Å². The number of benzene rings is 1. The van der Waals surface area contributed by atoms with Gasteiger partial charge in [-0.05, 0) is 26.3 Å². The Hall–Kier alpha value is -1.36. The first-order chi connectivity index (χ1) is 8.63. The van der Waals surface area contributed by atoms with E-state index in [9.17, 15) is 18.3 Å². The lowest BCUT2D eigenvalue weighted by Gasteiger charge is -2.27. The van der Waals surface area contributed by atoms with Crippen LogP contribution in [0.3, 0.4) is 0 Å². The van der Waals surface area contributed by atoms with Gasteiger partial charge in [0.05, 0.1) is 0 Å². The summed E-state index contributed by atoms with van der Waals surface area (Å²) < 4.78 is 38.2. The Morgan fingerprint density at radius 1 is 1.21 bits per heavy atom. The normalized spacial score (nSPS) is 16.5. The van der Waals surface area contributed by atoms with Crippen LogP contribution in [0.1, 0.15) is 32.8 Å².